The summed E-state index contributed by atoms with van der Waals surface area (Å²) in [5, 5.41) is 11.8. The molecule has 1 aliphatic rings. The summed E-state index contributed by atoms with van der Waals surface area (Å²) in [6.45, 7) is 6.41. The number of hydrogen-bond donors (Lipinski definition) is 2. The molecule has 0 aromatic carbocycles. The van der Waals surface area contributed by atoms with Gasteiger partial charge in [-0.3, -0.25) is 14.4 Å². The number of nitrogens with one attached hydrogen (secondary N) is 1. The number of likely N-dealkylation sites (tertiary alicyclic amines) is 1. The molecule has 2 unspecified atom stereocenters. The van der Waals surface area contributed by atoms with Crippen molar-refractivity contribution in [3.05, 3.63) is 0 Å². The Balaban J connectivity index is 2.50. The first-order valence-corrected chi connectivity index (χ1v) is 7.09. The molecule has 6 nitrogen and oxygen atoms in total. The van der Waals surface area contributed by atoms with Gasteiger partial charge in [-0.1, -0.05) is 13.8 Å². The summed E-state index contributed by atoms with van der Waals surface area (Å²) in [5.41, 5.74) is 0. The molecule has 20 heavy (non-hydrogen) atoms. The van der Waals surface area contributed by atoms with Crippen LogP contribution in [0, 0.1) is 17.8 Å². The highest BCUT2D eigenvalue weighted by Crippen LogP contribution is 2.17. The van der Waals surface area contributed by atoms with E-state index >= 15 is 0 Å². The quantitative estimate of drug-likeness (QED) is 0.778. The molecular formula is C14H24N2O4. The summed E-state index contributed by atoms with van der Waals surface area (Å²) in [4.78, 5) is 36.1. The number of carbonyl (C=O) groups excluding carboxylic acids is 2. The van der Waals surface area contributed by atoms with Gasteiger partial charge in [-0.15, -0.1) is 0 Å². The lowest BCUT2D eigenvalue weighted by Crippen LogP contribution is -2.46. The van der Waals surface area contributed by atoms with Crippen LogP contribution in [0.2, 0.25) is 0 Å². The van der Waals surface area contributed by atoms with E-state index in [0.717, 1.165) is 12.8 Å². The minimum absolute atomic E-state index is 0.0203. The standard InChI is InChI=1S/C14H24N2O4/c1-9(2)12(14(19)20)7-15-13(18)11-5-4-6-16(8-11)10(3)17/h9,11-12H,4-8H2,1-3H3,(H,15,18)(H,19,20). The lowest BCUT2D eigenvalue weighted by Gasteiger charge is -2.31. The topological polar surface area (TPSA) is 86.7 Å². The Kier molecular flexibility index (Phi) is 5.98. The second-order valence-corrected chi connectivity index (χ2v) is 5.74. The Morgan fingerprint density at radius 2 is 2.00 bits per heavy atom. The van der Waals surface area contributed by atoms with Gasteiger partial charge in [0.2, 0.25) is 11.8 Å². The second kappa shape index (κ2) is 7.26. The Morgan fingerprint density at radius 3 is 2.50 bits per heavy atom. The van der Waals surface area contributed by atoms with E-state index in [1.165, 1.54) is 6.92 Å². The van der Waals surface area contributed by atoms with Gasteiger partial charge < -0.3 is 15.3 Å². The smallest absolute Gasteiger partial charge is 0.308 e. The largest absolute Gasteiger partial charge is 0.481 e. The van der Waals surface area contributed by atoms with Crippen LogP contribution in [0.4, 0.5) is 0 Å². The van der Waals surface area contributed by atoms with Crippen LogP contribution in [-0.4, -0.2) is 47.4 Å². The van der Waals surface area contributed by atoms with Crippen LogP contribution in [0.3, 0.4) is 0 Å². The van der Waals surface area contributed by atoms with E-state index in [0.29, 0.717) is 13.1 Å². The first-order chi connectivity index (χ1) is 9.32. The van der Waals surface area contributed by atoms with Gasteiger partial charge in [0.05, 0.1) is 11.8 Å². The Bertz CT molecular complexity index is 381. The highest BCUT2D eigenvalue weighted by Gasteiger charge is 2.28. The van der Waals surface area contributed by atoms with E-state index in [1.54, 1.807) is 4.90 Å². The number of hydrogen-bond acceptors (Lipinski definition) is 3. The summed E-state index contributed by atoms with van der Waals surface area (Å²) in [6, 6.07) is 0. The monoisotopic (exact) mass is 284 g/mol. The second-order valence-electron chi connectivity index (χ2n) is 5.74. The molecule has 1 saturated heterocycles. The molecule has 0 aromatic heterocycles. The van der Waals surface area contributed by atoms with Crippen molar-refractivity contribution in [1.29, 1.82) is 0 Å². The van der Waals surface area contributed by atoms with E-state index < -0.39 is 11.9 Å². The number of carboxylic acids is 1. The zero-order chi connectivity index (χ0) is 15.3. The number of nitrogens with zero attached hydrogens (tertiary/aromatic N) is 1. The maximum absolute atomic E-state index is 12.1. The average molecular weight is 284 g/mol. The van der Waals surface area contributed by atoms with Crippen molar-refractivity contribution in [2.45, 2.75) is 33.6 Å². The third-order valence-electron chi connectivity index (χ3n) is 3.86. The molecule has 2 N–H and O–H groups in total. The van der Waals surface area contributed by atoms with Crippen molar-refractivity contribution in [2.75, 3.05) is 19.6 Å². The lowest BCUT2D eigenvalue weighted by molar-refractivity contribution is -0.143. The summed E-state index contributed by atoms with van der Waals surface area (Å²) in [5.74, 6) is -1.90. The number of piperidine rings is 1. The van der Waals surface area contributed by atoms with Crippen LogP contribution >= 0.6 is 0 Å². The van der Waals surface area contributed by atoms with Crippen LogP contribution in [0.15, 0.2) is 0 Å². The minimum atomic E-state index is -0.894. The van der Waals surface area contributed by atoms with Gasteiger partial charge in [0.1, 0.15) is 0 Å². The molecule has 1 rings (SSSR count). The highest BCUT2D eigenvalue weighted by atomic mass is 16.4. The molecule has 0 radical (unpaired) electrons. The minimum Gasteiger partial charge on any atom is -0.481 e. The predicted octanol–water partition coefficient (Wildman–Crippen LogP) is 0.718. The summed E-state index contributed by atoms with van der Waals surface area (Å²) >= 11 is 0. The molecule has 2 amide bonds. The molecule has 0 bridgehead atoms. The zero-order valence-corrected chi connectivity index (χ0v) is 12.4. The fourth-order valence-electron chi connectivity index (χ4n) is 2.44. The summed E-state index contributed by atoms with van der Waals surface area (Å²) in [6.07, 6.45) is 1.55. The number of carboxylic acid groups (broad SMARTS) is 1. The van der Waals surface area contributed by atoms with Crippen molar-refractivity contribution < 1.29 is 19.5 Å². The third-order valence-corrected chi connectivity index (χ3v) is 3.86. The molecule has 2 atom stereocenters. The first kappa shape index (κ1) is 16.5. The molecule has 0 saturated carbocycles. The number of rotatable bonds is 5. The van der Waals surface area contributed by atoms with Crippen LogP contribution in [0.5, 0.6) is 0 Å². The van der Waals surface area contributed by atoms with Crippen molar-refractivity contribution in [3.63, 3.8) is 0 Å². The molecule has 0 aromatic rings. The molecular weight excluding hydrogens is 260 g/mol. The molecule has 6 heteroatoms. The summed E-state index contributed by atoms with van der Waals surface area (Å²) < 4.78 is 0. The van der Waals surface area contributed by atoms with E-state index in [1.807, 2.05) is 13.8 Å². The Morgan fingerprint density at radius 1 is 1.35 bits per heavy atom. The fourth-order valence-corrected chi connectivity index (χ4v) is 2.44. The molecule has 1 heterocycles. The number of carbonyl (C=O) groups is 3. The summed E-state index contributed by atoms with van der Waals surface area (Å²) in [7, 11) is 0. The number of amides is 2. The van der Waals surface area contributed by atoms with E-state index in [4.69, 9.17) is 5.11 Å². The van der Waals surface area contributed by atoms with Crippen LogP contribution in [0.1, 0.15) is 33.6 Å². The zero-order valence-electron chi connectivity index (χ0n) is 12.4. The van der Waals surface area contributed by atoms with Gasteiger partial charge in [-0.05, 0) is 18.8 Å². The molecule has 1 aliphatic heterocycles. The van der Waals surface area contributed by atoms with Crippen molar-refractivity contribution in [2.24, 2.45) is 17.8 Å². The van der Waals surface area contributed by atoms with Gasteiger partial charge in [-0.2, -0.15) is 0 Å². The SMILES string of the molecule is CC(=O)N1CCCC(C(=O)NCC(C(=O)O)C(C)C)C1. The van der Waals surface area contributed by atoms with Gasteiger partial charge in [-0.25, -0.2) is 0 Å². The van der Waals surface area contributed by atoms with E-state index in [2.05, 4.69) is 5.32 Å². The Hall–Kier alpha value is -1.59. The van der Waals surface area contributed by atoms with Crippen molar-refractivity contribution in [3.8, 4) is 0 Å². The third kappa shape index (κ3) is 4.51. The van der Waals surface area contributed by atoms with Gasteiger partial charge >= 0.3 is 5.97 Å². The van der Waals surface area contributed by atoms with Crippen LogP contribution < -0.4 is 5.32 Å². The van der Waals surface area contributed by atoms with E-state index in [9.17, 15) is 14.4 Å². The highest BCUT2D eigenvalue weighted by molar-refractivity contribution is 5.81. The molecule has 0 aliphatic carbocycles. The average Bonchev–Trinajstić information content (AvgIpc) is 2.38. The molecule has 114 valence electrons. The predicted molar refractivity (Wildman–Crippen MR) is 74.0 cm³/mol. The number of aliphatic carboxylic acids is 1. The Labute approximate surface area is 119 Å². The lowest BCUT2D eigenvalue weighted by atomic mass is 9.94. The fraction of sp³-hybridized carbons (Fsp3) is 0.786. The maximum Gasteiger partial charge on any atom is 0.308 e. The van der Waals surface area contributed by atoms with Gasteiger partial charge in [0.15, 0.2) is 0 Å². The first-order valence-electron chi connectivity index (χ1n) is 7.09. The van der Waals surface area contributed by atoms with Crippen molar-refractivity contribution in [1.82, 2.24) is 10.2 Å². The van der Waals surface area contributed by atoms with Crippen LogP contribution in [-0.2, 0) is 14.4 Å². The molecule has 1 fully saturated rings. The van der Waals surface area contributed by atoms with Crippen LogP contribution in [0.25, 0.3) is 0 Å². The maximum atomic E-state index is 12.1. The van der Waals surface area contributed by atoms with E-state index in [-0.39, 0.29) is 30.2 Å². The van der Waals surface area contributed by atoms with Gasteiger partial charge in [0, 0.05) is 26.6 Å². The van der Waals surface area contributed by atoms with Gasteiger partial charge in [0.25, 0.3) is 0 Å². The van der Waals surface area contributed by atoms with Crippen molar-refractivity contribution >= 4 is 17.8 Å². The molecule has 0 spiro atoms. The normalized spacial score (nSPS) is 20.6.